The fraction of sp³-hybridized carbons (Fsp3) is 0.556. The van der Waals surface area contributed by atoms with Gasteiger partial charge in [-0.1, -0.05) is 0 Å². The molecule has 1 unspecified atom stereocenters. The summed E-state index contributed by atoms with van der Waals surface area (Å²) in [6.07, 6.45) is -5.40. The molecule has 9 heteroatoms. The second-order valence-corrected chi connectivity index (χ2v) is 6.52. The number of nitrogens with zero attached hydrogens (tertiary/aromatic N) is 2. The molecule has 27 heavy (non-hydrogen) atoms. The number of ether oxygens (including phenoxy) is 2. The van der Waals surface area contributed by atoms with Crippen molar-refractivity contribution >= 4 is 17.5 Å². The maximum absolute atomic E-state index is 12.6. The zero-order chi connectivity index (χ0) is 19.6. The molecule has 0 aromatic heterocycles. The number of alkyl halides is 3. The van der Waals surface area contributed by atoms with Crippen LogP contribution in [-0.2, 0) is 9.59 Å². The number of carbonyl (C=O) groups is 2. The van der Waals surface area contributed by atoms with Gasteiger partial charge in [-0.05, 0) is 19.1 Å². The molecule has 1 fully saturated rings. The molecule has 0 radical (unpaired) electrons. The van der Waals surface area contributed by atoms with Crippen LogP contribution in [0.3, 0.4) is 0 Å². The van der Waals surface area contributed by atoms with Crippen molar-refractivity contribution in [2.75, 3.05) is 37.7 Å². The highest BCUT2D eigenvalue weighted by Gasteiger charge is 2.38. The minimum absolute atomic E-state index is 0.0181. The predicted molar refractivity (Wildman–Crippen MR) is 90.8 cm³/mol. The summed E-state index contributed by atoms with van der Waals surface area (Å²) >= 11 is 0. The number of fused-ring (bicyclic) bond motifs is 1. The van der Waals surface area contributed by atoms with Crippen LogP contribution < -0.4 is 14.4 Å². The van der Waals surface area contributed by atoms with Gasteiger partial charge in [0.25, 0.3) is 0 Å². The molecular formula is C18H21F3N2O4. The predicted octanol–water partition coefficient (Wildman–Crippen LogP) is 2.61. The minimum Gasteiger partial charge on any atom is -0.486 e. The van der Waals surface area contributed by atoms with Gasteiger partial charge in [-0.2, -0.15) is 13.2 Å². The van der Waals surface area contributed by atoms with Crippen molar-refractivity contribution in [3.63, 3.8) is 0 Å². The van der Waals surface area contributed by atoms with Crippen LogP contribution in [0.2, 0.25) is 0 Å². The largest absolute Gasteiger partial charge is 0.486 e. The van der Waals surface area contributed by atoms with Crippen molar-refractivity contribution in [2.24, 2.45) is 5.92 Å². The number of hydrogen-bond acceptors (Lipinski definition) is 4. The number of amides is 2. The first-order valence-corrected chi connectivity index (χ1v) is 8.84. The lowest BCUT2D eigenvalue weighted by Gasteiger charge is -2.25. The van der Waals surface area contributed by atoms with Gasteiger partial charge in [0.05, 0.1) is 12.3 Å². The molecule has 6 nitrogen and oxygen atoms in total. The third-order valence-electron chi connectivity index (χ3n) is 4.67. The number of anilines is 1. The second kappa shape index (κ2) is 7.66. The summed E-state index contributed by atoms with van der Waals surface area (Å²) in [5, 5.41) is 0. The standard InChI is InChI=1S/C18H21F3N2O4/c1-2-22(6-5-18(19,20)21)17(25)12-9-16(24)23(11-12)13-3-4-14-15(10-13)27-8-7-26-14/h3-4,10,12H,2,5-9,11H2,1H3. The summed E-state index contributed by atoms with van der Waals surface area (Å²) in [6, 6.07) is 5.09. The number of carbonyl (C=O) groups excluding carboxylic acids is 2. The fourth-order valence-electron chi connectivity index (χ4n) is 3.27. The third kappa shape index (κ3) is 4.45. The Hall–Kier alpha value is -2.45. The summed E-state index contributed by atoms with van der Waals surface area (Å²) < 4.78 is 48.3. The van der Waals surface area contributed by atoms with Gasteiger partial charge in [0.2, 0.25) is 11.8 Å². The molecule has 148 valence electrons. The third-order valence-corrected chi connectivity index (χ3v) is 4.67. The van der Waals surface area contributed by atoms with Gasteiger partial charge in [-0.25, -0.2) is 0 Å². The quantitative estimate of drug-likeness (QED) is 0.781. The van der Waals surface area contributed by atoms with E-state index in [0.29, 0.717) is 30.4 Å². The summed E-state index contributed by atoms with van der Waals surface area (Å²) in [6.45, 7) is 2.41. The van der Waals surface area contributed by atoms with Crippen LogP contribution in [0.25, 0.3) is 0 Å². The van der Waals surface area contributed by atoms with Crippen LogP contribution in [-0.4, -0.2) is 55.7 Å². The molecule has 0 spiro atoms. The van der Waals surface area contributed by atoms with Crippen molar-refractivity contribution < 1.29 is 32.2 Å². The average molecular weight is 386 g/mol. The smallest absolute Gasteiger partial charge is 0.390 e. The molecule has 0 saturated carbocycles. The molecule has 1 atom stereocenters. The monoisotopic (exact) mass is 386 g/mol. The van der Waals surface area contributed by atoms with E-state index in [1.807, 2.05) is 0 Å². The Bertz CT molecular complexity index is 723. The van der Waals surface area contributed by atoms with Crippen molar-refractivity contribution in [1.82, 2.24) is 4.90 Å². The summed E-state index contributed by atoms with van der Waals surface area (Å²) in [7, 11) is 0. The highest BCUT2D eigenvalue weighted by atomic mass is 19.4. The summed E-state index contributed by atoms with van der Waals surface area (Å²) in [5.41, 5.74) is 0.581. The first kappa shape index (κ1) is 19.3. The van der Waals surface area contributed by atoms with Gasteiger partial charge in [-0.15, -0.1) is 0 Å². The fourth-order valence-corrected chi connectivity index (χ4v) is 3.27. The van der Waals surface area contributed by atoms with Crippen LogP contribution in [0.5, 0.6) is 11.5 Å². The molecule has 3 rings (SSSR count). The normalized spacial score (nSPS) is 19.3. The van der Waals surface area contributed by atoms with Crippen LogP contribution in [0.15, 0.2) is 18.2 Å². The molecule has 0 aliphatic carbocycles. The number of rotatable bonds is 5. The lowest BCUT2D eigenvalue weighted by Crippen LogP contribution is -2.39. The van der Waals surface area contributed by atoms with Crippen LogP contribution in [0.1, 0.15) is 19.8 Å². The maximum Gasteiger partial charge on any atom is 0.390 e. The lowest BCUT2D eigenvalue weighted by atomic mass is 10.1. The molecule has 1 aromatic rings. The minimum atomic E-state index is -4.32. The summed E-state index contributed by atoms with van der Waals surface area (Å²) in [4.78, 5) is 27.6. The summed E-state index contributed by atoms with van der Waals surface area (Å²) in [5.74, 6) is -0.193. The number of benzene rings is 1. The molecule has 0 N–H and O–H groups in total. The van der Waals surface area contributed by atoms with Crippen molar-refractivity contribution in [3.05, 3.63) is 18.2 Å². The number of hydrogen-bond donors (Lipinski definition) is 0. The van der Waals surface area contributed by atoms with Crippen LogP contribution in [0.4, 0.5) is 18.9 Å². The Kier molecular flexibility index (Phi) is 5.48. The van der Waals surface area contributed by atoms with Gasteiger partial charge in [0.1, 0.15) is 13.2 Å². The van der Waals surface area contributed by atoms with E-state index in [4.69, 9.17) is 9.47 Å². The van der Waals surface area contributed by atoms with E-state index in [1.54, 1.807) is 25.1 Å². The lowest BCUT2D eigenvalue weighted by molar-refractivity contribution is -0.147. The Morgan fingerprint density at radius 2 is 1.96 bits per heavy atom. The molecule has 1 saturated heterocycles. The molecule has 2 aliphatic rings. The SMILES string of the molecule is CCN(CCC(F)(F)F)C(=O)C1CC(=O)N(c2ccc3c(c2)OCCO3)C1. The molecule has 1 aromatic carbocycles. The first-order valence-electron chi connectivity index (χ1n) is 8.84. The van der Waals surface area contributed by atoms with Crippen LogP contribution >= 0.6 is 0 Å². The van der Waals surface area contributed by atoms with E-state index in [2.05, 4.69) is 0 Å². The van der Waals surface area contributed by atoms with E-state index in [0.717, 1.165) is 0 Å². The first-order chi connectivity index (χ1) is 12.8. The Labute approximate surface area is 154 Å². The Morgan fingerprint density at radius 3 is 2.63 bits per heavy atom. The van der Waals surface area contributed by atoms with Crippen molar-refractivity contribution in [3.8, 4) is 11.5 Å². The molecule has 2 amide bonds. The molecule has 2 aliphatic heterocycles. The maximum atomic E-state index is 12.6. The molecule has 0 bridgehead atoms. The number of halogens is 3. The van der Waals surface area contributed by atoms with E-state index in [1.165, 1.54) is 9.80 Å². The topological polar surface area (TPSA) is 59.1 Å². The molecular weight excluding hydrogens is 365 g/mol. The van der Waals surface area contributed by atoms with Crippen LogP contribution in [0, 0.1) is 5.92 Å². The van der Waals surface area contributed by atoms with Gasteiger partial charge in [-0.3, -0.25) is 9.59 Å². The van der Waals surface area contributed by atoms with E-state index in [-0.39, 0.29) is 25.4 Å². The average Bonchev–Trinajstić information content (AvgIpc) is 3.02. The van der Waals surface area contributed by atoms with Gasteiger partial charge in [0.15, 0.2) is 11.5 Å². The van der Waals surface area contributed by atoms with Crippen molar-refractivity contribution in [1.29, 1.82) is 0 Å². The van der Waals surface area contributed by atoms with E-state index in [9.17, 15) is 22.8 Å². The highest BCUT2D eigenvalue weighted by Crippen LogP contribution is 2.36. The van der Waals surface area contributed by atoms with Crippen molar-refractivity contribution in [2.45, 2.75) is 25.9 Å². The van der Waals surface area contributed by atoms with E-state index >= 15 is 0 Å². The Balaban J connectivity index is 1.68. The van der Waals surface area contributed by atoms with Gasteiger partial charge < -0.3 is 19.3 Å². The zero-order valence-electron chi connectivity index (χ0n) is 14.9. The Morgan fingerprint density at radius 1 is 1.26 bits per heavy atom. The van der Waals surface area contributed by atoms with Gasteiger partial charge in [0, 0.05) is 37.8 Å². The molecule has 2 heterocycles. The zero-order valence-corrected chi connectivity index (χ0v) is 14.9. The highest BCUT2D eigenvalue weighted by molar-refractivity contribution is 6.00. The van der Waals surface area contributed by atoms with Gasteiger partial charge >= 0.3 is 6.18 Å². The second-order valence-electron chi connectivity index (χ2n) is 6.52. The van der Waals surface area contributed by atoms with E-state index < -0.39 is 31.0 Å².